The molecule has 1 aromatic rings. The first-order valence-electron chi connectivity index (χ1n) is 9.05. The number of hydrogen-bond acceptors (Lipinski definition) is 4. The SMILES string of the molecule is CCNC(=NCc1ccnn1C)NCC(C)CN(C)C(=O)OC(C)(C)C.I. The van der Waals surface area contributed by atoms with Gasteiger partial charge in [0, 0.05) is 39.9 Å². The van der Waals surface area contributed by atoms with Crippen molar-refractivity contribution in [3.63, 3.8) is 0 Å². The molecule has 1 heterocycles. The van der Waals surface area contributed by atoms with Crippen LogP contribution in [0.5, 0.6) is 0 Å². The maximum absolute atomic E-state index is 12.0. The Hall–Kier alpha value is -1.52. The highest BCUT2D eigenvalue weighted by Crippen LogP contribution is 2.10. The minimum absolute atomic E-state index is 0. The van der Waals surface area contributed by atoms with E-state index >= 15 is 0 Å². The normalized spacial score (nSPS) is 12.8. The van der Waals surface area contributed by atoms with E-state index < -0.39 is 5.60 Å². The molecule has 0 saturated heterocycles. The van der Waals surface area contributed by atoms with Crippen LogP contribution in [0.1, 0.15) is 40.3 Å². The second kappa shape index (κ2) is 12.0. The molecule has 1 rings (SSSR count). The lowest BCUT2D eigenvalue weighted by molar-refractivity contribution is 0.0278. The van der Waals surface area contributed by atoms with E-state index in [1.54, 1.807) is 18.1 Å². The Morgan fingerprint density at radius 3 is 2.59 bits per heavy atom. The summed E-state index contributed by atoms with van der Waals surface area (Å²) in [4.78, 5) is 18.2. The number of hydrogen-bond donors (Lipinski definition) is 2. The number of carbonyl (C=O) groups is 1. The Labute approximate surface area is 180 Å². The number of guanidine groups is 1. The molecule has 0 fully saturated rings. The highest BCUT2D eigenvalue weighted by molar-refractivity contribution is 14.0. The number of aryl methyl sites for hydroxylation is 1. The van der Waals surface area contributed by atoms with Gasteiger partial charge in [-0.15, -0.1) is 24.0 Å². The first-order chi connectivity index (χ1) is 12.1. The van der Waals surface area contributed by atoms with Crippen LogP contribution >= 0.6 is 24.0 Å². The summed E-state index contributed by atoms with van der Waals surface area (Å²) < 4.78 is 7.19. The molecule has 156 valence electrons. The van der Waals surface area contributed by atoms with Gasteiger partial charge in [0.25, 0.3) is 0 Å². The van der Waals surface area contributed by atoms with Gasteiger partial charge < -0.3 is 20.3 Å². The van der Waals surface area contributed by atoms with E-state index in [9.17, 15) is 4.79 Å². The summed E-state index contributed by atoms with van der Waals surface area (Å²) in [5.41, 5.74) is 0.559. The Morgan fingerprint density at radius 2 is 2.07 bits per heavy atom. The highest BCUT2D eigenvalue weighted by atomic mass is 127. The Bertz CT molecular complexity index is 597. The monoisotopic (exact) mass is 494 g/mol. The smallest absolute Gasteiger partial charge is 0.410 e. The maximum Gasteiger partial charge on any atom is 0.410 e. The molecule has 0 spiro atoms. The molecule has 9 heteroatoms. The summed E-state index contributed by atoms with van der Waals surface area (Å²) in [5.74, 6) is 0.994. The van der Waals surface area contributed by atoms with Crippen molar-refractivity contribution in [3.05, 3.63) is 18.0 Å². The topological polar surface area (TPSA) is 83.8 Å². The van der Waals surface area contributed by atoms with Crippen molar-refractivity contribution >= 4 is 36.0 Å². The molecular weight excluding hydrogens is 459 g/mol. The van der Waals surface area contributed by atoms with Crippen molar-refractivity contribution in [2.75, 3.05) is 26.7 Å². The van der Waals surface area contributed by atoms with Gasteiger partial charge in [-0.1, -0.05) is 6.92 Å². The lowest BCUT2D eigenvalue weighted by Crippen LogP contribution is -2.42. The molecule has 2 N–H and O–H groups in total. The number of nitrogens with zero attached hydrogens (tertiary/aromatic N) is 4. The summed E-state index contributed by atoms with van der Waals surface area (Å²) in [6.45, 7) is 12.3. The maximum atomic E-state index is 12.0. The fraction of sp³-hybridized carbons (Fsp3) is 0.722. The third kappa shape index (κ3) is 10.4. The van der Waals surface area contributed by atoms with Crippen molar-refractivity contribution in [3.8, 4) is 0 Å². The number of amides is 1. The minimum Gasteiger partial charge on any atom is -0.444 e. The molecule has 27 heavy (non-hydrogen) atoms. The number of nitrogens with one attached hydrogen (secondary N) is 2. The molecule has 0 aliphatic carbocycles. The Kier molecular flexibility index (Phi) is 11.4. The quantitative estimate of drug-likeness (QED) is 0.346. The molecular formula is C18H35IN6O2. The second-order valence-corrected chi connectivity index (χ2v) is 7.49. The van der Waals surface area contributed by atoms with Crippen LogP contribution in [0.15, 0.2) is 17.3 Å². The molecule has 1 aromatic heterocycles. The standard InChI is InChI=1S/C18H34N6O2.HI/c1-8-19-16(21-12-15-9-10-22-24(15)7)20-11-14(2)13-23(6)17(25)26-18(3,4)5;/h9-10,14H,8,11-13H2,1-7H3,(H2,19,20,21);1H. The van der Waals surface area contributed by atoms with Crippen LogP contribution in [0.4, 0.5) is 4.79 Å². The molecule has 0 aliphatic rings. The van der Waals surface area contributed by atoms with Gasteiger partial charge in [0.2, 0.25) is 0 Å². The third-order valence-electron chi connectivity index (χ3n) is 3.57. The summed E-state index contributed by atoms with van der Waals surface area (Å²) in [5, 5.41) is 10.7. The largest absolute Gasteiger partial charge is 0.444 e. The molecule has 8 nitrogen and oxygen atoms in total. The Balaban J connectivity index is 0.00000676. The van der Waals surface area contributed by atoms with Crippen LogP contribution in [0.3, 0.4) is 0 Å². The zero-order chi connectivity index (χ0) is 19.7. The van der Waals surface area contributed by atoms with Gasteiger partial charge in [0.15, 0.2) is 5.96 Å². The predicted molar refractivity (Wildman–Crippen MR) is 119 cm³/mol. The summed E-state index contributed by atoms with van der Waals surface area (Å²) in [6, 6.07) is 1.95. The lowest BCUT2D eigenvalue weighted by Gasteiger charge is -2.26. The van der Waals surface area contributed by atoms with Crippen molar-refractivity contribution in [2.24, 2.45) is 18.0 Å². The molecule has 1 unspecified atom stereocenters. The van der Waals surface area contributed by atoms with Crippen LogP contribution in [0, 0.1) is 5.92 Å². The summed E-state index contributed by atoms with van der Waals surface area (Å²) in [7, 11) is 3.66. The highest BCUT2D eigenvalue weighted by Gasteiger charge is 2.20. The van der Waals surface area contributed by atoms with Crippen molar-refractivity contribution < 1.29 is 9.53 Å². The van der Waals surface area contributed by atoms with Gasteiger partial charge in [0.1, 0.15) is 5.60 Å². The van der Waals surface area contributed by atoms with Gasteiger partial charge >= 0.3 is 6.09 Å². The fourth-order valence-electron chi connectivity index (χ4n) is 2.28. The third-order valence-corrected chi connectivity index (χ3v) is 3.57. The number of halogens is 1. The zero-order valence-electron chi connectivity index (χ0n) is 17.6. The van der Waals surface area contributed by atoms with Crippen LogP contribution in [-0.2, 0) is 18.3 Å². The summed E-state index contributed by atoms with van der Waals surface area (Å²) >= 11 is 0. The number of aliphatic imine (C=N–C) groups is 1. The van der Waals surface area contributed by atoms with E-state index in [-0.39, 0.29) is 36.0 Å². The first kappa shape index (κ1) is 25.5. The van der Waals surface area contributed by atoms with E-state index in [2.05, 4.69) is 27.6 Å². The van der Waals surface area contributed by atoms with Crippen molar-refractivity contribution in [1.29, 1.82) is 0 Å². The zero-order valence-corrected chi connectivity index (χ0v) is 19.9. The van der Waals surface area contributed by atoms with E-state index in [0.29, 0.717) is 19.6 Å². The second-order valence-electron chi connectivity index (χ2n) is 7.49. The summed E-state index contributed by atoms with van der Waals surface area (Å²) in [6.07, 6.45) is 1.46. The number of ether oxygens (including phenoxy) is 1. The molecule has 0 aliphatic heterocycles. The molecule has 0 radical (unpaired) electrons. The minimum atomic E-state index is -0.483. The lowest BCUT2D eigenvalue weighted by atomic mass is 10.1. The van der Waals surface area contributed by atoms with E-state index in [4.69, 9.17) is 4.74 Å². The number of carbonyl (C=O) groups excluding carboxylic acids is 1. The average molecular weight is 494 g/mol. The van der Waals surface area contributed by atoms with E-state index in [1.165, 1.54) is 0 Å². The van der Waals surface area contributed by atoms with Gasteiger partial charge in [-0.25, -0.2) is 9.79 Å². The van der Waals surface area contributed by atoms with E-state index in [0.717, 1.165) is 18.2 Å². The fourth-order valence-corrected chi connectivity index (χ4v) is 2.28. The van der Waals surface area contributed by atoms with Crippen LogP contribution in [0.2, 0.25) is 0 Å². The number of aromatic nitrogens is 2. The molecule has 1 amide bonds. The van der Waals surface area contributed by atoms with Gasteiger partial charge in [-0.2, -0.15) is 5.10 Å². The van der Waals surface area contributed by atoms with Crippen LogP contribution < -0.4 is 10.6 Å². The van der Waals surface area contributed by atoms with Gasteiger partial charge in [-0.05, 0) is 39.7 Å². The van der Waals surface area contributed by atoms with Crippen LogP contribution in [-0.4, -0.2) is 59.0 Å². The van der Waals surface area contributed by atoms with Crippen molar-refractivity contribution in [2.45, 2.75) is 46.8 Å². The van der Waals surface area contributed by atoms with Gasteiger partial charge in [-0.3, -0.25) is 4.68 Å². The Morgan fingerprint density at radius 1 is 1.41 bits per heavy atom. The average Bonchev–Trinajstić information content (AvgIpc) is 2.93. The molecule has 0 bridgehead atoms. The van der Waals surface area contributed by atoms with Gasteiger partial charge in [0.05, 0.1) is 12.2 Å². The predicted octanol–water partition coefficient (Wildman–Crippen LogP) is 2.60. The van der Waals surface area contributed by atoms with Crippen LogP contribution in [0.25, 0.3) is 0 Å². The molecule has 1 atom stereocenters. The van der Waals surface area contributed by atoms with E-state index in [1.807, 2.05) is 45.5 Å². The molecule has 0 saturated carbocycles. The first-order valence-corrected chi connectivity index (χ1v) is 9.05. The molecule has 0 aromatic carbocycles. The number of rotatable bonds is 7. The van der Waals surface area contributed by atoms with Crippen molar-refractivity contribution in [1.82, 2.24) is 25.3 Å².